The number of hydrogen-bond acceptors (Lipinski definition) is 3. The number of pyridine rings is 1. The Labute approximate surface area is 69.7 Å². The van der Waals surface area contributed by atoms with Crippen molar-refractivity contribution in [2.75, 3.05) is 0 Å². The number of aryl methyl sites for hydroxylation is 1. The molecule has 0 aliphatic rings. The van der Waals surface area contributed by atoms with E-state index in [9.17, 15) is 0 Å². The van der Waals surface area contributed by atoms with Gasteiger partial charge >= 0.3 is 0 Å². The number of nitrogens with zero attached hydrogens (tertiary/aromatic N) is 3. The van der Waals surface area contributed by atoms with Gasteiger partial charge in [-0.2, -0.15) is 5.10 Å². The second kappa shape index (κ2) is 2.73. The van der Waals surface area contributed by atoms with Gasteiger partial charge in [0.25, 0.3) is 0 Å². The van der Waals surface area contributed by atoms with Crippen molar-refractivity contribution in [1.29, 1.82) is 0 Å². The van der Waals surface area contributed by atoms with E-state index in [2.05, 4.69) is 20.2 Å². The number of hydrogen-bond donors (Lipinski definition) is 1. The first-order valence-electron chi connectivity index (χ1n) is 3.65. The first kappa shape index (κ1) is 6.97. The van der Waals surface area contributed by atoms with Gasteiger partial charge in [0.2, 0.25) is 0 Å². The molecule has 0 atom stereocenters. The standard InChI is InChI=1S/C8H8N4/c1-6-3-2-4-7(11-6)8-9-5-10-12-8/h2-5H,1H3,(H,9,10,12). The first-order chi connectivity index (χ1) is 5.86. The molecule has 2 aromatic heterocycles. The van der Waals surface area contributed by atoms with Crippen molar-refractivity contribution < 1.29 is 0 Å². The summed E-state index contributed by atoms with van der Waals surface area (Å²) in [5.74, 6) is 0.707. The third-order valence-electron chi connectivity index (χ3n) is 1.55. The van der Waals surface area contributed by atoms with Gasteiger partial charge in [0.1, 0.15) is 12.0 Å². The lowest BCUT2D eigenvalue weighted by atomic mass is 10.3. The molecular formula is C8H8N4. The summed E-state index contributed by atoms with van der Waals surface area (Å²) in [6, 6.07) is 5.79. The lowest BCUT2D eigenvalue weighted by molar-refractivity contribution is 1.08. The molecule has 0 radical (unpaired) electrons. The fourth-order valence-electron chi connectivity index (χ4n) is 1.00. The van der Waals surface area contributed by atoms with Crippen LogP contribution in [-0.4, -0.2) is 20.2 Å². The predicted octanol–water partition coefficient (Wildman–Crippen LogP) is 1.18. The highest BCUT2D eigenvalue weighted by Gasteiger charge is 2.00. The van der Waals surface area contributed by atoms with E-state index >= 15 is 0 Å². The topological polar surface area (TPSA) is 54.5 Å². The SMILES string of the molecule is Cc1cccc(-c2ncn[nH]2)n1. The summed E-state index contributed by atoms with van der Waals surface area (Å²) in [4.78, 5) is 8.28. The highest BCUT2D eigenvalue weighted by molar-refractivity contribution is 5.47. The maximum absolute atomic E-state index is 4.28. The summed E-state index contributed by atoms with van der Waals surface area (Å²) in [6.45, 7) is 1.94. The van der Waals surface area contributed by atoms with Crippen LogP contribution in [-0.2, 0) is 0 Å². The molecule has 0 saturated carbocycles. The lowest BCUT2D eigenvalue weighted by Gasteiger charge is -1.95. The number of H-pyrrole nitrogens is 1. The Kier molecular flexibility index (Phi) is 1.59. The van der Waals surface area contributed by atoms with Crippen LogP contribution in [0.1, 0.15) is 5.69 Å². The molecule has 0 saturated heterocycles. The van der Waals surface area contributed by atoms with Crippen LogP contribution < -0.4 is 0 Å². The van der Waals surface area contributed by atoms with E-state index in [0.717, 1.165) is 11.4 Å². The van der Waals surface area contributed by atoms with E-state index in [4.69, 9.17) is 0 Å². The molecule has 0 aliphatic carbocycles. The molecule has 2 rings (SSSR count). The van der Waals surface area contributed by atoms with Gasteiger partial charge in [-0.25, -0.2) is 9.97 Å². The molecule has 0 spiro atoms. The quantitative estimate of drug-likeness (QED) is 0.681. The minimum atomic E-state index is 0.707. The van der Waals surface area contributed by atoms with Crippen molar-refractivity contribution >= 4 is 0 Å². The van der Waals surface area contributed by atoms with E-state index in [0.29, 0.717) is 5.82 Å². The van der Waals surface area contributed by atoms with E-state index in [-0.39, 0.29) is 0 Å². The van der Waals surface area contributed by atoms with Gasteiger partial charge in [0.05, 0.1) is 0 Å². The Morgan fingerprint density at radius 2 is 2.25 bits per heavy atom. The van der Waals surface area contributed by atoms with E-state index in [1.54, 1.807) is 0 Å². The minimum Gasteiger partial charge on any atom is -0.258 e. The number of aromatic nitrogens is 4. The van der Waals surface area contributed by atoms with Crippen molar-refractivity contribution in [3.63, 3.8) is 0 Å². The zero-order chi connectivity index (χ0) is 8.39. The number of rotatable bonds is 1. The van der Waals surface area contributed by atoms with Crippen molar-refractivity contribution in [2.45, 2.75) is 6.92 Å². The van der Waals surface area contributed by atoms with Crippen molar-refractivity contribution in [2.24, 2.45) is 0 Å². The highest BCUT2D eigenvalue weighted by atomic mass is 15.2. The van der Waals surface area contributed by atoms with Gasteiger partial charge in [-0.3, -0.25) is 5.10 Å². The van der Waals surface area contributed by atoms with E-state index < -0.39 is 0 Å². The summed E-state index contributed by atoms with van der Waals surface area (Å²) in [5.41, 5.74) is 1.80. The molecular weight excluding hydrogens is 152 g/mol. The normalized spacial score (nSPS) is 10.1. The fourth-order valence-corrected chi connectivity index (χ4v) is 1.00. The average molecular weight is 160 g/mol. The average Bonchev–Trinajstić information content (AvgIpc) is 2.56. The fraction of sp³-hybridized carbons (Fsp3) is 0.125. The summed E-state index contributed by atoms with van der Waals surface area (Å²) in [5, 5.41) is 6.51. The summed E-state index contributed by atoms with van der Waals surface area (Å²) in [6.07, 6.45) is 1.47. The van der Waals surface area contributed by atoms with Gasteiger partial charge in [0, 0.05) is 5.69 Å². The third-order valence-corrected chi connectivity index (χ3v) is 1.55. The van der Waals surface area contributed by atoms with E-state index in [1.165, 1.54) is 6.33 Å². The van der Waals surface area contributed by atoms with Gasteiger partial charge in [-0.1, -0.05) is 6.07 Å². The van der Waals surface area contributed by atoms with Gasteiger partial charge in [-0.05, 0) is 19.1 Å². The molecule has 4 nitrogen and oxygen atoms in total. The van der Waals surface area contributed by atoms with Crippen LogP contribution in [0.4, 0.5) is 0 Å². The molecule has 12 heavy (non-hydrogen) atoms. The second-order valence-corrected chi connectivity index (χ2v) is 2.50. The Morgan fingerprint density at radius 3 is 2.92 bits per heavy atom. The van der Waals surface area contributed by atoms with Crippen LogP contribution in [0.15, 0.2) is 24.5 Å². The largest absolute Gasteiger partial charge is 0.258 e. The lowest BCUT2D eigenvalue weighted by Crippen LogP contribution is -1.87. The van der Waals surface area contributed by atoms with Crippen molar-refractivity contribution in [1.82, 2.24) is 20.2 Å². The number of nitrogens with one attached hydrogen (secondary N) is 1. The van der Waals surface area contributed by atoms with Crippen LogP contribution >= 0.6 is 0 Å². The molecule has 0 aromatic carbocycles. The Hall–Kier alpha value is -1.71. The molecule has 0 fully saturated rings. The Balaban J connectivity index is 2.48. The maximum Gasteiger partial charge on any atom is 0.174 e. The van der Waals surface area contributed by atoms with Gasteiger partial charge in [0.15, 0.2) is 5.82 Å². The monoisotopic (exact) mass is 160 g/mol. The van der Waals surface area contributed by atoms with Crippen LogP contribution in [0.25, 0.3) is 11.5 Å². The zero-order valence-electron chi connectivity index (χ0n) is 6.65. The van der Waals surface area contributed by atoms with E-state index in [1.807, 2.05) is 25.1 Å². The van der Waals surface area contributed by atoms with Gasteiger partial charge < -0.3 is 0 Å². The summed E-state index contributed by atoms with van der Waals surface area (Å²) >= 11 is 0. The van der Waals surface area contributed by atoms with Crippen molar-refractivity contribution in [3.05, 3.63) is 30.2 Å². The third kappa shape index (κ3) is 1.18. The molecule has 60 valence electrons. The summed E-state index contributed by atoms with van der Waals surface area (Å²) < 4.78 is 0. The second-order valence-electron chi connectivity index (χ2n) is 2.50. The molecule has 0 amide bonds. The summed E-state index contributed by atoms with van der Waals surface area (Å²) in [7, 11) is 0. The minimum absolute atomic E-state index is 0.707. The predicted molar refractivity (Wildman–Crippen MR) is 44.4 cm³/mol. The van der Waals surface area contributed by atoms with Crippen LogP contribution in [0.5, 0.6) is 0 Å². The smallest absolute Gasteiger partial charge is 0.174 e. The molecule has 0 bridgehead atoms. The molecule has 2 aromatic rings. The zero-order valence-corrected chi connectivity index (χ0v) is 6.65. The molecule has 1 N–H and O–H groups in total. The molecule has 4 heteroatoms. The first-order valence-corrected chi connectivity index (χ1v) is 3.65. The van der Waals surface area contributed by atoms with Gasteiger partial charge in [-0.15, -0.1) is 0 Å². The van der Waals surface area contributed by atoms with Crippen LogP contribution in [0, 0.1) is 6.92 Å². The van der Waals surface area contributed by atoms with Crippen molar-refractivity contribution in [3.8, 4) is 11.5 Å². The Morgan fingerprint density at radius 1 is 1.33 bits per heavy atom. The van der Waals surface area contributed by atoms with Crippen LogP contribution in [0.3, 0.4) is 0 Å². The van der Waals surface area contributed by atoms with Crippen LogP contribution in [0.2, 0.25) is 0 Å². The maximum atomic E-state index is 4.28. The molecule has 2 heterocycles. The molecule has 0 unspecified atom stereocenters. The number of aromatic amines is 1. The molecule has 0 aliphatic heterocycles. The Bertz CT molecular complexity index is 366. The highest BCUT2D eigenvalue weighted by Crippen LogP contribution is 2.09.